The molecule has 5 heteroatoms. The predicted octanol–water partition coefficient (Wildman–Crippen LogP) is 2.30. The van der Waals surface area contributed by atoms with Gasteiger partial charge < -0.3 is 10.1 Å². The number of benzene rings is 1. The summed E-state index contributed by atoms with van der Waals surface area (Å²) in [6.07, 6.45) is 0. The van der Waals surface area contributed by atoms with E-state index in [1.54, 1.807) is 7.11 Å². The average Bonchev–Trinajstić information content (AvgIpc) is 2.51. The van der Waals surface area contributed by atoms with Crippen LogP contribution in [0.15, 0.2) is 24.3 Å². The second kappa shape index (κ2) is 5.95. The third kappa shape index (κ3) is 2.73. The van der Waals surface area contributed by atoms with E-state index in [2.05, 4.69) is 21.3 Å². The first kappa shape index (κ1) is 13.6. The highest BCUT2D eigenvalue weighted by atomic mass is 35.5. The monoisotopic (exact) mass is 291 g/mol. The Bertz CT molecular complexity index is 611. The Labute approximate surface area is 123 Å². The molecule has 0 unspecified atom stereocenters. The van der Waals surface area contributed by atoms with Gasteiger partial charge in [0.2, 0.25) is 5.88 Å². The highest BCUT2D eigenvalue weighted by Gasteiger charge is 2.13. The maximum absolute atomic E-state index is 6.53. The van der Waals surface area contributed by atoms with E-state index in [1.165, 1.54) is 0 Å². The van der Waals surface area contributed by atoms with Gasteiger partial charge in [-0.1, -0.05) is 17.7 Å². The first-order chi connectivity index (χ1) is 9.78. The number of aromatic nitrogens is 1. The number of fused-ring (bicyclic) bond motifs is 1. The number of rotatable bonds is 3. The lowest BCUT2D eigenvalue weighted by Crippen LogP contribution is -2.42. The minimum absolute atomic E-state index is 0.614. The molecule has 2 heterocycles. The van der Waals surface area contributed by atoms with Gasteiger partial charge >= 0.3 is 0 Å². The predicted molar refractivity (Wildman–Crippen MR) is 81.5 cm³/mol. The van der Waals surface area contributed by atoms with Crippen molar-refractivity contribution in [1.82, 2.24) is 15.2 Å². The Morgan fingerprint density at radius 1 is 1.25 bits per heavy atom. The molecule has 0 spiro atoms. The highest BCUT2D eigenvalue weighted by Crippen LogP contribution is 2.28. The van der Waals surface area contributed by atoms with Crippen LogP contribution in [0.5, 0.6) is 5.88 Å². The number of methoxy groups -OCH3 is 1. The Morgan fingerprint density at radius 3 is 2.80 bits per heavy atom. The van der Waals surface area contributed by atoms with Gasteiger partial charge in [0, 0.05) is 44.2 Å². The molecule has 1 aliphatic heterocycles. The molecule has 0 amide bonds. The molecule has 2 aromatic rings. The number of nitrogens with one attached hydrogen (secondary N) is 1. The third-order valence-electron chi connectivity index (χ3n) is 3.67. The summed E-state index contributed by atoms with van der Waals surface area (Å²) in [5.41, 5.74) is 2.03. The summed E-state index contributed by atoms with van der Waals surface area (Å²) in [6, 6.07) is 7.91. The topological polar surface area (TPSA) is 37.4 Å². The van der Waals surface area contributed by atoms with Crippen LogP contribution in [-0.4, -0.2) is 43.2 Å². The lowest BCUT2D eigenvalue weighted by molar-refractivity contribution is 0.233. The van der Waals surface area contributed by atoms with Crippen LogP contribution in [0, 0.1) is 0 Å². The van der Waals surface area contributed by atoms with Crippen molar-refractivity contribution in [2.24, 2.45) is 0 Å². The maximum atomic E-state index is 6.53. The van der Waals surface area contributed by atoms with Crippen molar-refractivity contribution in [3.8, 4) is 5.88 Å². The van der Waals surface area contributed by atoms with E-state index in [0.29, 0.717) is 5.88 Å². The Kier molecular flexibility index (Phi) is 4.05. The zero-order valence-corrected chi connectivity index (χ0v) is 12.3. The number of nitrogens with zero attached hydrogens (tertiary/aromatic N) is 2. The molecule has 1 aromatic heterocycles. The fourth-order valence-electron chi connectivity index (χ4n) is 2.54. The molecule has 0 radical (unpaired) electrons. The molecular weight excluding hydrogens is 274 g/mol. The summed E-state index contributed by atoms with van der Waals surface area (Å²) in [4.78, 5) is 6.83. The largest absolute Gasteiger partial charge is 0.481 e. The summed E-state index contributed by atoms with van der Waals surface area (Å²) >= 11 is 6.53. The molecule has 106 valence electrons. The zero-order valence-electron chi connectivity index (χ0n) is 11.5. The molecule has 0 atom stereocenters. The number of piperazine rings is 1. The summed E-state index contributed by atoms with van der Waals surface area (Å²) in [5.74, 6) is 0.614. The van der Waals surface area contributed by atoms with Gasteiger partial charge in [-0.3, -0.25) is 4.90 Å². The van der Waals surface area contributed by atoms with E-state index < -0.39 is 0 Å². The second-order valence-electron chi connectivity index (χ2n) is 4.99. The van der Waals surface area contributed by atoms with Crippen molar-refractivity contribution < 1.29 is 4.74 Å². The van der Waals surface area contributed by atoms with E-state index in [4.69, 9.17) is 16.3 Å². The molecule has 0 aliphatic carbocycles. The molecule has 4 nitrogen and oxygen atoms in total. The Balaban J connectivity index is 1.90. The van der Waals surface area contributed by atoms with Crippen molar-refractivity contribution >= 4 is 22.5 Å². The van der Waals surface area contributed by atoms with Crippen LogP contribution in [0.3, 0.4) is 0 Å². The van der Waals surface area contributed by atoms with Crippen LogP contribution < -0.4 is 10.1 Å². The quantitative estimate of drug-likeness (QED) is 0.942. The molecule has 3 rings (SSSR count). The van der Waals surface area contributed by atoms with Crippen LogP contribution in [-0.2, 0) is 6.54 Å². The second-order valence-corrected chi connectivity index (χ2v) is 5.36. The van der Waals surface area contributed by atoms with Gasteiger partial charge in [0.15, 0.2) is 0 Å². The molecule has 1 aromatic carbocycles. The number of pyridine rings is 1. The van der Waals surface area contributed by atoms with E-state index >= 15 is 0 Å². The van der Waals surface area contributed by atoms with E-state index in [1.807, 2.05) is 18.2 Å². The smallest absolute Gasteiger partial charge is 0.213 e. The van der Waals surface area contributed by atoms with E-state index in [-0.39, 0.29) is 0 Å². The third-order valence-corrected chi connectivity index (χ3v) is 4.12. The van der Waals surface area contributed by atoms with Gasteiger partial charge in [-0.2, -0.15) is 0 Å². The van der Waals surface area contributed by atoms with Crippen molar-refractivity contribution in [1.29, 1.82) is 0 Å². The normalized spacial score (nSPS) is 16.5. The number of ether oxygens (including phenoxy) is 1. The minimum atomic E-state index is 0.614. The number of halogens is 1. The molecule has 1 N–H and O–H groups in total. The summed E-state index contributed by atoms with van der Waals surface area (Å²) in [5, 5.41) is 5.15. The molecule has 1 aliphatic rings. The lowest BCUT2D eigenvalue weighted by Gasteiger charge is -2.27. The van der Waals surface area contributed by atoms with Crippen molar-refractivity contribution in [2.75, 3.05) is 33.3 Å². The lowest BCUT2D eigenvalue weighted by atomic mass is 10.1. The van der Waals surface area contributed by atoms with Crippen molar-refractivity contribution in [3.05, 3.63) is 34.9 Å². The van der Waals surface area contributed by atoms with Gasteiger partial charge in [-0.25, -0.2) is 4.98 Å². The van der Waals surface area contributed by atoms with Gasteiger partial charge in [0.1, 0.15) is 0 Å². The molecule has 1 saturated heterocycles. The standard InChI is InChI=1S/C15H18ClN3O/c1-20-14-5-3-12-13(18-14)4-2-11(15(12)16)10-19-8-6-17-7-9-19/h2-5,17H,6-10H2,1H3. The minimum Gasteiger partial charge on any atom is -0.481 e. The van der Waals surface area contributed by atoms with Gasteiger partial charge in [-0.15, -0.1) is 0 Å². The fraction of sp³-hybridized carbons (Fsp3) is 0.400. The van der Waals surface area contributed by atoms with E-state index in [0.717, 1.165) is 54.2 Å². The van der Waals surface area contributed by atoms with Gasteiger partial charge in [0.05, 0.1) is 17.6 Å². The molecule has 1 fully saturated rings. The van der Waals surface area contributed by atoms with Crippen LogP contribution in [0.25, 0.3) is 10.9 Å². The zero-order chi connectivity index (χ0) is 13.9. The van der Waals surface area contributed by atoms with E-state index in [9.17, 15) is 0 Å². The van der Waals surface area contributed by atoms with Crippen molar-refractivity contribution in [2.45, 2.75) is 6.54 Å². The molecule has 20 heavy (non-hydrogen) atoms. The Morgan fingerprint density at radius 2 is 2.05 bits per heavy atom. The highest BCUT2D eigenvalue weighted by molar-refractivity contribution is 6.36. The van der Waals surface area contributed by atoms with Gasteiger partial charge in [-0.05, 0) is 17.7 Å². The number of hydrogen-bond donors (Lipinski definition) is 1. The number of hydrogen-bond acceptors (Lipinski definition) is 4. The fourth-order valence-corrected chi connectivity index (χ4v) is 2.82. The van der Waals surface area contributed by atoms with Crippen LogP contribution in [0.2, 0.25) is 5.02 Å². The summed E-state index contributed by atoms with van der Waals surface area (Å²) in [6.45, 7) is 5.11. The Hall–Kier alpha value is -1.36. The van der Waals surface area contributed by atoms with Crippen LogP contribution >= 0.6 is 11.6 Å². The van der Waals surface area contributed by atoms with Gasteiger partial charge in [0.25, 0.3) is 0 Å². The van der Waals surface area contributed by atoms with Crippen LogP contribution in [0.4, 0.5) is 0 Å². The first-order valence-corrected chi connectivity index (χ1v) is 7.21. The maximum Gasteiger partial charge on any atom is 0.213 e. The SMILES string of the molecule is COc1ccc2c(Cl)c(CN3CCNCC3)ccc2n1. The molecule has 0 saturated carbocycles. The first-order valence-electron chi connectivity index (χ1n) is 6.83. The van der Waals surface area contributed by atoms with Crippen molar-refractivity contribution in [3.63, 3.8) is 0 Å². The molecular formula is C15H18ClN3O. The summed E-state index contributed by atoms with van der Waals surface area (Å²) < 4.78 is 5.14. The average molecular weight is 292 g/mol. The van der Waals surface area contributed by atoms with Crippen LogP contribution in [0.1, 0.15) is 5.56 Å². The molecule has 0 bridgehead atoms. The summed E-state index contributed by atoms with van der Waals surface area (Å²) in [7, 11) is 1.62.